The van der Waals surface area contributed by atoms with Gasteiger partial charge in [-0.15, -0.1) is 0 Å². The molecule has 1 aliphatic rings. The Morgan fingerprint density at radius 1 is 1.45 bits per heavy atom. The van der Waals surface area contributed by atoms with Crippen molar-refractivity contribution in [2.75, 3.05) is 27.2 Å². The van der Waals surface area contributed by atoms with E-state index in [1.165, 1.54) is 6.42 Å². The summed E-state index contributed by atoms with van der Waals surface area (Å²) in [6, 6.07) is 0.545. The topological polar surface area (TPSA) is 24.5 Å². The van der Waals surface area contributed by atoms with Crippen LogP contribution < -0.4 is 5.32 Å². The van der Waals surface area contributed by atoms with E-state index >= 15 is 0 Å². The average Bonchev–Trinajstić information content (AvgIpc) is 2.03. The van der Waals surface area contributed by atoms with Crippen molar-refractivity contribution in [2.45, 2.75) is 19.4 Å². The van der Waals surface area contributed by atoms with Gasteiger partial charge in [0.15, 0.2) is 0 Å². The monoisotopic (exact) mass is 158 g/mol. The van der Waals surface area contributed by atoms with Crippen LogP contribution in [0.2, 0.25) is 0 Å². The molecule has 1 rings (SSSR count). The molecule has 1 N–H and O–H groups in total. The normalized spacial score (nSPS) is 32.7. The van der Waals surface area contributed by atoms with Crippen LogP contribution in [0.5, 0.6) is 0 Å². The zero-order chi connectivity index (χ0) is 8.27. The predicted molar refractivity (Wildman–Crippen MR) is 45.2 cm³/mol. The number of nitrogens with one attached hydrogen (secondary N) is 1. The summed E-state index contributed by atoms with van der Waals surface area (Å²) in [5, 5.41) is 5.31. The molecule has 3 nitrogen and oxygen atoms in total. The van der Waals surface area contributed by atoms with Gasteiger partial charge in [0.25, 0.3) is 0 Å². The third-order valence-electron chi connectivity index (χ3n) is 2.35. The Labute approximate surface area is 68.7 Å². The van der Waals surface area contributed by atoms with E-state index in [1.54, 1.807) is 7.11 Å². The maximum Gasteiger partial charge on any atom is 0.0575 e. The molecule has 2 atom stereocenters. The van der Waals surface area contributed by atoms with Crippen LogP contribution in [0.25, 0.3) is 0 Å². The second kappa shape index (κ2) is 4.04. The number of likely N-dealkylation sites (N-methyl/N-ethyl adjacent to an activating group) is 1. The maximum absolute atomic E-state index is 5.13. The molecular formula is C8H18N2O. The van der Waals surface area contributed by atoms with Crippen LogP contribution in [0.4, 0.5) is 0 Å². The van der Waals surface area contributed by atoms with Crippen molar-refractivity contribution in [3.8, 4) is 0 Å². The zero-order valence-corrected chi connectivity index (χ0v) is 7.63. The van der Waals surface area contributed by atoms with E-state index in [9.17, 15) is 0 Å². The van der Waals surface area contributed by atoms with Gasteiger partial charge in [-0.05, 0) is 18.9 Å². The number of hydrogen-bond donors (Lipinski definition) is 1. The van der Waals surface area contributed by atoms with E-state index in [0.717, 1.165) is 19.0 Å². The smallest absolute Gasteiger partial charge is 0.0575 e. The van der Waals surface area contributed by atoms with Gasteiger partial charge >= 0.3 is 0 Å². The summed E-state index contributed by atoms with van der Waals surface area (Å²) in [5.41, 5.74) is 0. The summed E-state index contributed by atoms with van der Waals surface area (Å²) in [5.74, 6) is 0.770. The van der Waals surface area contributed by atoms with E-state index in [0.29, 0.717) is 6.04 Å². The lowest BCUT2D eigenvalue weighted by Gasteiger charge is -2.32. The fourth-order valence-corrected chi connectivity index (χ4v) is 1.55. The van der Waals surface area contributed by atoms with Crippen LogP contribution in [0.15, 0.2) is 0 Å². The van der Waals surface area contributed by atoms with Crippen LogP contribution in [0.1, 0.15) is 13.3 Å². The fraction of sp³-hybridized carbons (Fsp3) is 1.00. The minimum Gasteiger partial charge on any atom is -0.315 e. The minimum absolute atomic E-state index is 0.545. The largest absolute Gasteiger partial charge is 0.315 e. The second-order valence-corrected chi connectivity index (χ2v) is 3.38. The molecule has 0 bridgehead atoms. The molecule has 3 heteroatoms. The highest BCUT2D eigenvalue weighted by atomic mass is 16.7. The molecule has 0 amide bonds. The Bertz CT molecular complexity index is 119. The molecule has 0 aliphatic carbocycles. The van der Waals surface area contributed by atoms with Gasteiger partial charge in [-0.2, -0.15) is 5.06 Å². The highest BCUT2D eigenvalue weighted by molar-refractivity contribution is 4.77. The van der Waals surface area contributed by atoms with Crippen molar-refractivity contribution >= 4 is 0 Å². The van der Waals surface area contributed by atoms with Crippen LogP contribution in [-0.4, -0.2) is 38.4 Å². The first-order chi connectivity index (χ1) is 5.24. The van der Waals surface area contributed by atoms with Gasteiger partial charge in [-0.1, -0.05) is 6.92 Å². The SMILES string of the molecule is CON(C)C1CNCC(C)C1. The molecule has 1 heterocycles. The minimum atomic E-state index is 0.545. The molecule has 0 aromatic heterocycles. The Kier molecular flexibility index (Phi) is 3.30. The molecule has 0 aromatic rings. The van der Waals surface area contributed by atoms with E-state index in [4.69, 9.17) is 4.84 Å². The Balaban J connectivity index is 2.33. The van der Waals surface area contributed by atoms with Gasteiger partial charge in [0.05, 0.1) is 7.11 Å². The summed E-state index contributed by atoms with van der Waals surface area (Å²) in [6.07, 6.45) is 1.23. The number of hydrogen-bond acceptors (Lipinski definition) is 3. The highest BCUT2D eigenvalue weighted by Gasteiger charge is 2.21. The molecule has 0 aromatic carbocycles. The summed E-state index contributed by atoms with van der Waals surface area (Å²) >= 11 is 0. The van der Waals surface area contributed by atoms with E-state index in [1.807, 2.05) is 12.1 Å². The molecular weight excluding hydrogens is 140 g/mol. The maximum atomic E-state index is 5.13. The highest BCUT2D eigenvalue weighted by Crippen LogP contribution is 2.13. The molecule has 66 valence electrons. The Hall–Kier alpha value is -0.120. The standard InChI is InChI=1S/C8H18N2O/c1-7-4-8(6-9-5-7)10(2)11-3/h7-9H,4-6H2,1-3H3. The number of nitrogens with zero attached hydrogens (tertiary/aromatic N) is 1. The first-order valence-electron chi connectivity index (χ1n) is 4.21. The van der Waals surface area contributed by atoms with E-state index < -0.39 is 0 Å². The van der Waals surface area contributed by atoms with Crippen molar-refractivity contribution in [1.29, 1.82) is 0 Å². The van der Waals surface area contributed by atoms with Crippen LogP contribution in [-0.2, 0) is 4.84 Å². The van der Waals surface area contributed by atoms with Crippen molar-refractivity contribution in [2.24, 2.45) is 5.92 Å². The van der Waals surface area contributed by atoms with Gasteiger partial charge in [0.1, 0.15) is 0 Å². The van der Waals surface area contributed by atoms with Crippen molar-refractivity contribution < 1.29 is 4.84 Å². The molecule has 0 radical (unpaired) electrons. The van der Waals surface area contributed by atoms with Gasteiger partial charge < -0.3 is 10.2 Å². The van der Waals surface area contributed by atoms with Gasteiger partial charge in [-0.3, -0.25) is 0 Å². The lowest BCUT2D eigenvalue weighted by atomic mass is 9.98. The van der Waals surface area contributed by atoms with E-state index in [2.05, 4.69) is 12.2 Å². The molecule has 1 saturated heterocycles. The predicted octanol–water partition coefficient (Wildman–Crippen LogP) is 0.478. The molecule has 11 heavy (non-hydrogen) atoms. The van der Waals surface area contributed by atoms with Crippen LogP contribution in [0.3, 0.4) is 0 Å². The van der Waals surface area contributed by atoms with Crippen molar-refractivity contribution in [3.05, 3.63) is 0 Å². The van der Waals surface area contributed by atoms with Gasteiger partial charge in [0, 0.05) is 19.6 Å². The molecule has 1 fully saturated rings. The van der Waals surface area contributed by atoms with Crippen LogP contribution in [0, 0.1) is 5.92 Å². The Morgan fingerprint density at radius 2 is 2.18 bits per heavy atom. The zero-order valence-electron chi connectivity index (χ0n) is 7.63. The fourth-order valence-electron chi connectivity index (χ4n) is 1.55. The quantitative estimate of drug-likeness (QED) is 0.591. The third kappa shape index (κ3) is 2.43. The van der Waals surface area contributed by atoms with Crippen molar-refractivity contribution in [3.63, 3.8) is 0 Å². The van der Waals surface area contributed by atoms with Crippen molar-refractivity contribution in [1.82, 2.24) is 10.4 Å². The third-order valence-corrected chi connectivity index (χ3v) is 2.35. The summed E-state index contributed by atoms with van der Waals surface area (Å²) in [7, 11) is 3.71. The molecule has 0 saturated carbocycles. The molecule has 2 unspecified atom stereocenters. The van der Waals surface area contributed by atoms with Gasteiger partial charge in [-0.25, -0.2) is 0 Å². The lowest BCUT2D eigenvalue weighted by molar-refractivity contribution is -0.147. The summed E-state index contributed by atoms with van der Waals surface area (Å²) in [6.45, 7) is 4.46. The second-order valence-electron chi connectivity index (χ2n) is 3.38. The lowest BCUT2D eigenvalue weighted by Crippen LogP contribution is -2.46. The molecule has 1 aliphatic heterocycles. The van der Waals surface area contributed by atoms with Gasteiger partial charge in [0.2, 0.25) is 0 Å². The van der Waals surface area contributed by atoms with E-state index in [-0.39, 0.29) is 0 Å². The Morgan fingerprint density at radius 3 is 2.73 bits per heavy atom. The first-order valence-corrected chi connectivity index (χ1v) is 4.21. The first kappa shape index (κ1) is 8.97. The van der Waals surface area contributed by atoms with Crippen LogP contribution >= 0.6 is 0 Å². The number of piperidine rings is 1. The summed E-state index contributed by atoms with van der Waals surface area (Å²) in [4.78, 5) is 5.13. The number of rotatable bonds is 2. The molecule has 0 spiro atoms. The summed E-state index contributed by atoms with van der Waals surface area (Å²) < 4.78 is 0. The number of hydroxylamine groups is 2. The average molecular weight is 158 g/mol.